The van der Waals surface area contributed by atoms with Gasteiger partial charge in [0.1, 0.15) is 28.9 Å². The highest BCUT2D eigenvalue weighted by Gasteiger charge is 2.42. The number of rotatable bonds is 8. The summed E-state index contributed by atoms with van der Waals surface area (Å²) in [4.78, 5) is 0. The maximum absolute atomic E-state index is 7.00. The predicted molar refractivity (Wildman–Crippen MR) is 176 cm³/mol. The number of ether oxygens (including phenoxy) is 1. The molecule has 0 bridgehead atoms. The summed E-state index contributed by atoms with van der Waals surface area (Å²) in [5.41, 5.74) is 0. The second-order valence-electron chi connectivity index (χ2n) is 9.72. The Morgan fingerprint density at radius 2 is 0.825 bits per heavy atom. The minimum Gasteiger partial charge on any atom is -0.452 e. The van der Waals surface area contributed by atoms with Crippen LogP contribution in [0.15, 0.2) is 170 Å². The molecular formula is C37H31OP2+. The highest BCUT2D eigenvalue weighted by atomic mass is 31.2. The summed E-state index contributed by atoms with van der Waals surface area (Å²) in [5, 5.41) is 7.73. The van der Waals surface area contributed by atoms with Crippen LogP contribution >= 0.6 is 15.2 Å². The van der Waals surface area contributed by atoms with E-state index < -0.39 is 15.2 Å². The number of hydrogen-bond donors (Lipinski definition) is 0. The normalized spacial score (nSPS) is 11.3. The van der Waals surface area contributed by atoms with Crippen LogP contribution in [-0.4, -0.2) is 6.66 Å². The third kappa shape index (κ3) is 5.24. The molecule has 0 unspecified atom stereocenters. The number of benzene rings is 6. The first kappa shape index (κ1) is 26.2. The number of hydrogen-bond acceptors (Lipinski definition) is 1. The van der Waals surface area contributed by atoms with Gasteiger partial charge in [0, 0.05) is 5.30 Å². The molecule has 0 saturated heterocycles. The van der Waals surface area contributed by atoms with Gasteiger partial charge in [-0.15, -0.1) is 0 Å². The quantitative estimate of drug-likeness (QED) is 0.182. The van der Waals surface area contributed by atoms with Gasteiger partial charge in [0.15, 0.2) is 5.75 Å². The van der Waals surface area contributed by atoms with Crippen LogP contribution in [0.3, 0.4) is 0 Å². The van der Waals surface area contributed by atoms with Crippen molar-refractivity contribution < 1.29 is 4.74 Å². The molecule has 1 nitrogen and oxygen atoms in total. The van der Waals surface area contributed by atoms with E-state index in [1.165, 1.54) is 31.8 Å². The highest BCUT2D eigenvalue weighted by Crippen LogP contribution is 2.54. The van der Waals surface area contributed by atoms with E-state index in [-0.39, 0.29) is 0 Å². The SMILES string of the molecule is C[P+](c1ccccc1)(c1ccccc1)c1ccccc1Oc1ccccc1P(c1ccccc1)c1ccccc1. The van der Waals surface area contributed by atoms with Gasteiger partial charge in [-0.1, -0.05) is 127 Å². The van der Waals surface area contributed by atoms with Crippen molar-refractivity contribution in [2.75, 3.05) is 6.66 Å². The van der Waals surface area contributed by atoms with Crippen LogP contribution in [0, 0.1) is 0 Å². The molecule has 6 aromatic carbocycles. The van der Waals surface area contributed by atoms with Crippen molar-refractivity contribution in [1.29, 1.82) is 0 Å². The molecule has 0 radical (unpaired) electrons. The summed E-state index contributed by atoms with van der Waals surface area (Å²) < 4.78 is 7.00. The van der Waals surface area contributed by atoms with Crippen LogP contribution in [0.25, 0.3) is 0 Å². The lowest BCUT2D eigenvalue weighted by atomic mass is 10.3. The summed E-state index contributed by atoms with van der Waals surface area (Å²) in [7, 11) is -2.78. The third-order valence-electron chi connectivity index (χ3n) is 7.25. The van der Waals surface area contributed by atoms with Crippen LogP contribution in [0.1, 0.15) is 0 Å². The van der Waals surface area contributed by atoms with Gasteiger partial charge in [-0.25, -0.2) is 0 Å². The Balaban J connectivity index is 1.50. The molecule has 3 heteroatoms. The molecule has 0 atom stereocenters. The van der Waals surface area contributed by atoms with Gasteiger partial charge < -0.3 is 4.74 Å². The largest absolute Gasteiger partial charge is 0.452 e. The molecule has 0 spiro atoms. The second-order valence-corrected chi connectivity index (χ2v) is 15.4. The molecule has 0 aliphatic rings. The van der Waals surface area contributed by atoms with Crippen LogP contribution < -0.4 is 36.6 Å². The van der Waals surface area contributed by atoms with Crippen LogP contribution in [0.2, 0.25) is 0 Å². The Morgan fingerprint density at radius 3 is 1.35 bits per heavy atom. The summed E-state index contributed by atoms with van der Waals surface area (Å²) in [6.45, 7) is 2.41. The average molecular weight is 554 g/mol. The predicted octanol–water partition coefficient (Wildman–Crippen LogP) is 7.16. The Bertz CT molecular complexity index is 1590. The Hall–Kier alpha value is -4.02. The summed E-state index contributed by atoms with van der Waals surface area (Å²) in [5.74, 6) is 1.82. The lowest BCUT2D eigenvalue weighted by Gasteiger charge is -2.26. The number of para-hydroxylation sites is 2. The van der Waals surface area contributed by atoms with E-state index in [4.69, 9.17) is 4.74 Å². The minimum absolute atomic E-state index is 0.804. The molecule has 0 saturated carbocycles. The van der Waals surface area contributed by atoms with Crippen molar-refractivity contribution in [2.24, 2.45) is 0 Å². The van der Waals surface area contributed by atoms with Crippen LogP contribution in [-0.2, 0) is 0 Å². The molecule has 40 heavy (non-hydrogen) atoms. The Labute approximate surface area is 239 Å². The van der Waals surface area contributed by atoms with E-state index in [1.807, 2.05) is 0 Å². The molecule has 194 valence electrons. The van der Waals surface area contributed by atoms with Crippen molar-refractivity contribution in [3.8, 4) is 11.5 Å². The first-order chi connectivity index (χ1) is 19.7. The van der Waals surface area contributed by atoms with Crippen LogP contribution in [0.5, 0.6) is 11.5 Å². The fraction of sp³-hybridized carbons (Fsp3) is 0.0270. The lowest BCUT2D eigenvalue weighted by molar-refractivity contribution is 0.490. The van der Waals surface area contributed by atoms with Gasteiger partial charge >= 0.3 is 0 Å². The molecule has 0 aliphatic heterocycles. The van der Waals surface area contributed by atoms with Crippen molar-refractivity contribution in [3.05, 3.63) is 170 Å². The van der Waals surface area contributed by atoms with Crippen LogP contribution in [0.4, 0.5) is 0 Å². The zero-order valence-corrected chi connectivity index (χ0v) is 24.3. The first-order valence-corrected chi connectivity index (χ1v) is 17.1. The third-order valence-corrected chi connectivity index (χ3v) is 13.7. The zero-order valence-electron chi connectivity index (χ0n) is 22.5. The van der Waals surface area contributed by atoms with Gasteiger partial charge in [-0.3, -0.25) is 0 Å². The Morgan fingerprint density at radius 1 is 0.425 bits per heavy atom. The maximum Gasteiger partial charge on any atom is 0.170 e. The molecule has 0 fully saturated rings. The van der Waals surface area contributed by atoms with E-state index in [0.29, 0.717) is 0 Å². The van der Waals surface area contributed by atoms with Crippen molar-refractivity contribution >= 4 is 47.0 Å². The van der Waals surface area contributed by atoms with Gasteiger partial charge in [0.2, 0.25) is 0 Å². The van der Waals surface area contributed by atoms with Gasteiger partial charge in [-0.2, -0.15) is 0 Å². The topological polar surface area (TPSA) is 9.23 Å². The zero-order chi connectivity index (χ0) is 27.2. The summed E-state index contributed by atoms with van der Waals surface area (Å²) in [6.07, 6.45) is 0. The fourth-order valence-electron chi connectivity index (χ4n) is 5.22. The van der Waals surface area contributed by atoms with E-state index in [2.05, 4.69) is 177 Å². The molecule has 0 amide bonds. The highest BCUT2D eigenvalue weighted by molar-refractivity contribution is 7.95. The molecule has 0 heterocycles. The molecule has 0 aliphatic carbocycles. The monoisotopic (exact) mass is 553 g/mol. The first-order valence-electron chi connectivity index (χ1n) is 13.5. The standard InChI is InChI=1S/C37H31OP2/c1-40(32-22-10-4-11-23-32,33-24-12-5-13-25-33)37-29-17-15-27-35(37)38-34-26-14-16-28-36(34)39(30-18-6-2-7-19-30)31-20-8-3-9-21-31/h2-29H,1H3/q+1. The van der Waals surface area contributed by atoms with E-state index in [9.17, 15) is 0 Å². The smallest absolute Gasteiger partial charge is 0.170 e. The van der Waals surface area contributed by atoms with Gasteiger partial charge in [-0.05, 0) is 61.0 Å². The average Bonchev–Trinajstić information content (AvgIpc) is 3.04. The van der Waals surface area contributed by atoms with Gasteiger partial charge in [0.05, 0.1) is 6.66 Å². The summed E-state index contributed by atoms with van der Waals surface area (Å²) >= 11 is 0. The Kier molecular flexibility index (Phi) is 7.87. The lowest BCUT2D eigenvalue weighted by Crippen LogP contribution is -2.31. The molecule has 0 N–H and O–H groups in total. The van der Waals surface area contributed by atoms with Gasteiger partial charge in [0.25, 0.3) is 0 Å². The van der Waals surface area contributed by atoms with E-state index in [0.717, 1.165) is 11.5 Å². The minimum atomic E-state index is -1.98. The fourth-order valence-corrected chi connectivity index (χ4v) is 10.9. The molecular weight excluding hydrogens is 522 g/mol. The van der Waals surface area contributed by atoms with Crippen molar-refractivity contribution in [3.63, 3.8) is 0 Å². The van der Waals surface area contributed by atoms with Crippen molar-refractivity contribution in [1.82, 2.24) is 0 Å². The molecule has 6 rings (SSSR count). The second kappa shape index (κ2) is 12.0. The molecule has 6 aromatic rings. The molecule has 0 aromatic heterocycles. The summed E-state index contributed by atoms with van der Waals surface area (Å²) in [6, 6.07) is 60.5. The maximum atomic E-state index is 7.00. The van der Waals surface area contributed by atoms with Crippen molar-refractivity contribution in [2.45, 2.75) is 0 Å². The van der Waals surface area contributed by atoms with E-state index in [1.54, 1.807) is 0 Å². The van der Waals surface area contributed by atoms with E-state index >= 15 is 0 Å².